The van der Waals surface area contributed by atoms with E-state index in [1.807, 2.05) is 13.8 Å². The normalized spacial score (nSPS) is 45.8. The molecule has 2 atom stereocenters. The Kier molecular flexibility index (Phi) is 2.26. The molecular weight excluding hydrogens is 140 g/mol. The van der Waals surface area contributed by atoms with Crippen LogP contribution in [0.3, 0.4) is 0 Å². The van der Waals surface area contributed by atoms with E-state index in [0.717, 1.165) is 25.7 Å². The number of rotatable bonds is 1. The molecule has 0 aromatic heterocycles. The highest BCUT2D eigenvalue weighted by Gasteiger charge is 2.37. The van der Waals surface area contributed by atoms with Crippen LogP contribution in [0.1, 0.15) is 39.5 Å². The van der Waals surface area contributed by atoms with E-state index >= 15 is 0 Å². The molecule has 0 spiro atoms. The molecule has 1 saturated carbocycles. The smallest absolute Gasteiger partial charge is 0.0625 e. The van der Waals surface area contributed by atoms with E-state index in [9.17, 15) is 5.11 Å². The Bertz CT molecular complexity index is 142. The van der Waals surface area contributed by atoms with Crippen molar-refractivity contribution < 1.29 is 10.2 Å². The van der Waals surface area contributed by atoms with Gasteiger partial charge in [0.25, 0.3) is 0 Å². The van der Waals surface area contributed by atoms with Gasteiger partial charge in [-0.25, -0.2) is 0 Å². The summed E-state index contributed by atoms with van der Waals surface area (Å²) in [6.45, 7) is 4.10. The van der Waals surface area contributed by atoms with Gasteiger partial charge in [0.05, 0.1) is 5.60 Å². The fourth-order valence-electron chi connectivity index (χ4n) is 2.13. The summed E-state index contributed by atoms with van der Waals surface area (Å²) in [6, 6.07) is 0. The van der Waals surface area contributed by atoms with Crippen LogP contribution in [0.2, 0.25) is 0 Å². The van der Waals surface area contributed by atoms with Gasteiger partial charge in [0.1, 0.15) is 0 Å². The van der Waals surface area contributed by atoms with Crippen molar-refractivity contribution in [3.8, 4) is 0 Å². The molecule has 0 radical (unpaired) electrons. The van der Waals surface area contributed by atoms with E-state index in [0.29, 0.717) is 0 Å². The lowest BCUT2D eigenvalue weighted by molar-refractivity contribution is -0.0476. The van der Waals surface area contributed by atoms with Crippen molar-refractivity contribution in [2.24, 2.45) is 5.41 Å². The van der Waals surface area contributed by atoms with Gasteiger partial charge in [-0.2, -0.15) is 0 Å². The maximum Gasteiger partial charge on any atom is 0.0625 e. The zero-order valence-corrected chi connectivity index (χ0v) is 7.43. The fourth-order valence-corrected chi connectivity index (χ4v) is 2.13. The van der Waals surface area contributed by atoms with Crippen molar-refractivity contribution in [1.82, 2.24) is 0 Å². The summed E-state index contributed by atoms with van der Waals surface area (Å²) in [6.07, 6.45) is 3.68. The summed E-state index contributed by atoms with van der Waals surface area (Å²) in [5.74, 6) is 0. The van der Waals surface area contributed by atoms with E-state index in [4.69, 9.17) is 5.11 Å². The van der Waals surface area contributed by atoms with Gasteiger partial charge in [0.2, 0.25) is 0 Å². The summed E-state index contributed by atoms with van der Waals surface area (Å²) in [5, 5.41) is 18.8. The van der Waals surface area contributed by atoms with Crippen molar-refractivity contribution >= 4 is 0 Å². The first-order valence-electron chi connectivity index (χ1n) is 4.31. The quantitative estimate of drug-likeness (QED) is 0.604. The first-order valence-corrected chi connectivity index (χ1v) is 4.31. The average Bonchev–Trinajstić information content (AvgIpc) is 1.85. The summed E-state index contributed by atoms with van der Waals surface area (Å²) in [4.78, 5) is 0. The van der Waals surface area contributed by atoms with Gasteiger partial charge in [0, 0.05) is 6.61 Å². The molecule has 2 N–H and O–H groups in total. The van der Waals surface area contributed by atoms with Crippen LogP contribution in [-0.2, 0) is 0 Å². The monoisotopic (exact) mass is 158 g/mol. The maximum atomic E-state index is 9.73. The number of hydrogen-bond donors (Lipinski definition) is 2. The first-order chi connectivity index (χ1) is 4.97. The van der Waals surface area contributed by atoms with Crippen molar-refractivity contribution in [2.75, 3.05) is 6.61 Å². The van der Waals surface area contributed by atoms with Crippen molar-refractivity contribution in [1.29, 1.82) is 0 Å². The highest BCUT2D eigenvalue weighted by Crippen LogP contribution is 2.40. The van der Waals surface area contributed by atoms with Crippen molar-refractivity contribution in [2.45, 2.75) is 45.1 Å². The summed E-state index contributed by atoms with van der Waals surface area (Å²) < 4.78 is 0. The molecule has 1 aliphatic rings. The second kappa shape index (κ2) is 2.76. The molecule has 0 bridgehead atoms. The molecule has 0 aromatic carbocycles. The van der Waals surface area contributed by atoms with Crippen LogP contribution in [0.15, 0.2) is 0 Å². The number of aliphatic hydroxyl groups excluding tert-OH is 1. The molecule has 2 heteroatoms. The summed E-state index contributed by atoms with van der Waals surface area (Å²) in [7, 11) is 0. The maximum absolute atomic E-state index is 9.73. The summed E-state index contributed by atoms with van der Waals surface area (Å²) in [5.41, 5.74) is -0.586. The standard InChI is InChI=1S/C9H18O2/c1-8(7-10)4-3-5-9(2,11)6-8/h10-11H,3-7H2,1-2H3. The molecular formula is C9H18O2. The largest absolute Gasteiger partial charge is 0.396 e. The Balaban J connectivity index is 2.59. The predicted octanol–water partition coefficient (Wildman–Crippen LogP) is 1.31. The molecule has 0 amide bonds. The minimum Gasteiger partial charge on any atom is -0.396 e. The predicted molar refractivity (Wildman–Crippen MR) is 44.3 cm³/mol. The van der Waals surface area contributed by atoms with Gasteiger partial charge in [-0.3, -0.25) is 0 Å². The third-order valence-electron chi connectivity index (χ3n) is 2.69. The zero-order valence-electron chi connectivity index (χ0n) is 7.43. The third-order valence-corrected chi connectivity index (χ3v) is 2.69. The van der Waals surface area contributed by atoms with Crippen LogP contribution in [-0.4, -0.2) is 22.4 Å². The highest BCUT2D eigenvalue weighted by atomic mass is 16.3. The van der Waals surface area contributed by atoms with Gasteiger partial charge in [-0.05, 0) is 38.0 Å². The van der Waals surface area contributed by atoms with E-state index in [-0.39, 0.29) is 12.0 Å². The van der Waals surface area contributed by atoms with E-state index in [2.05, 4.69) is 0 Å². The Hall–Kier alpha value is -0.0800. The average molecular weight is 158 g/mol. The molecule has 1 aliphatic carbocycles. The topological polar surface area (TPSA) is 40.5 Å². The Labute approximate surface area is 68.2 Å². The third kappa shape index (κ3) is 2.17. The van der Waals surface area contributed by atoms with Crippen LogP contribution in [0.4, 0.5) is 0 Å². The van der Waals surface area contributed by atoms with Crippen molar-refractivity contribution in [3.63, 3.8) is 0 Å². The lowest BCUT2D eigenvalue weighted by atomic mass is 9.70. The SMILES string of the molecule is CC1(O)CCCC(C)(CO)C1. The summed E-state index contributed by atoms with van der Waals surface area (Å²) >= 11 is 0. The minimum atomic E-state index is -0.546. The fraction of sp³-hybridized carbons (Fsp3) is 1.00. The molecule has 0 heterocycles. The molecule has 0 aromatic rings. The molecule has 1 rings (SSSR count). The molecule has 2 nitrogen and oxygen atoms in total. The molecule has 66 valence electrons. The first kappa shape index (κ1) is 9.01. The molecule has 0 saturated heterocycles. The zero-order chi connectivity index (χ0) is 8.54. The van der Waals surface area contributed by atoms with Gasteiger partial charge in [-0.1, -0.05) is 6.92 Å². The Morgan fingerprint density at radius 1 is 1.27 bits per heavy atom. The van der Waals surface area contributed by atoms with Crippen molar-refractivity contribution in [3.05, 3.63) is 0 Å². The second-order valence-electron chi connectivity index (χ2n) is 4.50. The van der Waals surface area contributed by atoms with Crippen LogP contribution in [0.25, 0.3) is 0 Å². The molecule has 2 unspecified atom stereocenters. The van der Waals surface area contributed by atoms with Crippen LogP contribution in [0, 0.1) is 5.41 Å². The Morgan fingerprint density at radius 3 is 2.27 bits per heavy atom. The molecule has 0 aliphatic heterocycles. The number of hydrogen-bond acceptors (Lipinski definition) is 2. The lowest BCUT2D eigenvalue weighted by Crippen LogP contribution is -2.39. The van der Waals surface area contributed by atoms with E-state index in [1.165, 1.54) is 0 Å². The highest BCUT2D eigenvalue weighted by molar-refractivity contribution is 4.89. The lowest BCUT2D eigenvalue weighted by Gasteiger charge is -2.40. The number of aliphatic hydroxyl groups is 2. The minimum absolute atomic E-state index is 0.0399. The van der Waals surface area contributed by atoms with Gasteiger partial charge >= 0.3 is 0 Å². The van der Waals surface area contributed by atoms with E-state index < -0.39 is 5.60 Å². The van der Waals surface area contributed by atoms with E-state index in [1.54, 1.807) is 0 Å². The van der Waals surface area contributed by atoms with Gasteiger partial charge < -0.3 is 10.2 Å². The van der Waals surface area contributed by atoms with Crippen LogP contribution >= 0.6 is 0 Å². The Morgan fingerprint density at radius 2 is 1.91 bits per heavy atom. The second-order valence-corrected chi connectivity index (χ2v) is 4.50. The van der Waals surface area contributed by atoms with Crippen LogP contribution < -0.4 is 0 Å². The van der Waals surface area contributed by atoms with Crippen LogP contribution in [0.5, 0.6) is 0 Å². The van der Waals surface area contributed by atoms with Gasteiger partial charge in [0.15, 0.2) is 0 Å². The molecule has 1 fully saturated rings. The molecule has 11 heavy (non-hydrogen) atoms. The van der Waals surface area contributed by atoms with Gasteiger partial charge in [-0.15, -0.1) is 0 Å².